The number of amides is 1. The van der Waals surface area contributed by atoms with E-state index in [0.29, 0.717) is 35.3 Å². The summed E-state index contributed by atoms with van der Waals surface area (Å²) in [5, 5.41) is 12.7. The van der Waals surface area contributed by atoms with Gasteiger partial charge in [0.2, 0.25) is 0 Å². The van der Waals surface area contributed by atoms with Crippen molar-refractivity contribution in [2.75, 3.05) is 20.6 Å². The highest BCUT2D eigenvalue weighted by Gasteiger charge is 2.32. The topological polar surface area (TPSA) is 92.9 Å². The molecule has 0 bridgehead atoms. The zero-order valence-corrected chi connectivity index (χ0v) is 20.3. The fraction of sp³-hybridized carbons (Fsp3) is 0.280. The molecule has 0 spiro atoms. The molecule has 35 heavy (non-hydrogen) atoms. The number of likely N-dealkylation sites (tertiary alicyclic amines) is 1. The van der Waals surface area contributed by atoms with E-state index in [2.05, 4.69) is 20.5 Å². The van der Waals surface area contributed by atoms with Gasteiger partial charge in [-0.2, -0.15) is 4.68 Å². The molecule has 1 unspecified atom stereocenters. The van der Waals surface area contributed by atoms with E-state index in [-0.39, 0.29) is 11.9 Å². The summed E-state index contributed by atoms with van der Waals surface area (Å²) < 4.78 is 1.67. The van der Waals surface area contributed by atoms with Crippen molar-refractivity contribution >= 4 is 17.5 Å². The monoisotopic (exact) mass is 488 g/mol. The zero-order chi connectivity index (χ0) is 24.4. The minimum Gasteiger partial charge on any atom is -0.330 e. The fourth-order valence-corrected chi connectivity index (χ4v) is 4.56. The first-order valence-corrected chi connectivity index (χ1v) is 11.8. The maximum absolute atomic E-state index is 13.6. The number of carbonyl (C=O) groups is 1. The minimum absolute atomic E-state index is 0.0421. The lowest BCUT2D eigenvalue weighted by atomic mass is 10.1. The number of rotatable bonds is 6. The molecular formula is C25H25ClN8O. The maximum atomic E-state index is 13.6. The van der Waals surface area contributed by atoms with E-state index in [9.17, 15) is 4.79 Å². The van der Waals surface area contributed by atoms with Crippen LogP contribution in [0.25, 0.3) is 17.1 Å². The van der Waals surface area contributed by atoms with E-state index >= 15 is 0 Å². The van der Waals surface area contributed by atoms with Crippen LogP contribution in [0.4, 0.5) is 0 Å². The molecule has 1 atom stereocenters. The van der Waals surface area contributed by atoms with Crippen molar-refractivity contribution in [3.05, 3.63) is 82.9 Å². The van der Waals surface area contributed by atoms with E-state index in [0.717, 1.165) is 29.8 Å². The van der Waals surface area contributed by atoms with Crippen LogP contribution < -0.4 is 0 Å². The highest BCUT2D eigenvalue weighted by molar-refractivity contribution is 6.30. The van der Waals surface area contributed by atoms with Crippen LogP contribution in [0.15, 0.2) is 60.8 Å². The predicted octanol–water partition coefficient (Wildman–Crippen LogP) is 3.81. The van der Waals surface area contributed by atoms with Crippen LogP contribution in [-0.2, 0) is 6.54 Å². The Kier molecular flexibility index (Phi) is 6.52. The SMILES string of the molecule is CN(C)Cc1nnnn1-c1cccc(C(=O)N2CCCC2c2ccnc(-c3cccc(Cl)c3)n2)c1. The van der Waals surface area contributed by atoms with Crippen LogP contribution in [0, 0.1) is 0 Å². The summed E-state index contributed by atoms with van der Waals surface area (Å²) in [5.41, 5.74) is 3.01. The quantitative estimate of drug-likeness (QED) is 0.407. The molecule has 1 aliphatic rings. The smallest absolute Gasteiger partial charge is 0.254 e. The third-order valence-corrected chi connectivity index (χ3v) is 6.18. The van der Waals surface area contributed by atoms with Crippen molar-refractivity contribution in [1.82, 2.24) is 40.0 Å². The van der Waals surface area contributed by atoms with Gasteiger partial charge in [-0.3, -0.25) is 4.79 Å². The Morgan fingerprint density at radius 2 is 2.00 bits per heavy atom. The molecule has 2 aromatic carbocycles. The van der Waals surface area contributed by atoms with Gasteiger partial charge >= 0.3 is 0 Å². The molecule has 0 radical (unpaired) electrons. The Hall–Kier alpha value is -3.69. The first kappa shape index (κ1) is 23.1. The molecule has 1 aliphatic heterocycles. The van der Waals surface area contributed by atoms with Crippen LogP contribution in [0.5, 0.6) is 0 Å². The van der Waals surface area contributed by atoms with E-state index in [1.807, 2.05) is 78.5 Å². The van der Waals surface area contributed by atoms with Gasteiger partial charge in [0.15, 0.2) is 11.6 Å². The zero-order valence-electron chi connectivity index (χ0n) is 19.5. The van der Waals surface area contributed by atoms with Crippen molar-refractivity contribution in [1.29, 1.82) is 0 Å². The van der Waals surface area contributed by atoms with E-state index < -0.39 is 0 Å². The number of tetrazole rings is 1. The highest BCUT2D eigenvalue weighted by atomic mass is 35.5. The Morgan fingerprint density at radius 3 is 2.83 bits per heavy atom. The summed E-state index contributed by atoms with van der Waals surface area (Å²) in [6.07, 6.45) is 3.49. The number of halogens is 1. The first-order chi connectivity index (χ1) is 17.0. The van der Waals surface area contributed by atoms with Gasteiger partial charge in [0.1, 0.15) is 0 Å². The second-order valence-corrected chi connectivity index (χ2v) is 9.20. The molecule has 9 nitrogen and oxygen atoms in total. The summed E-state index contributed by atoms with van der Waals surface area (Å²) in [6.45, 7) is 1.25. The Morgan fingerprint density at radius 1 is 1.14 bits per heavy atom. The van der Waals surface area contributed by atoms with Gasteiger partial charge in [0.05, 0.1) is 24.0 Å². The maximum Gasteiger partial charge on any atom is 0.254 e. The van der Waals surface area contributed by atoms with E-state index in [1.54, 1.807) is 10.9 Å². The van der Waals surface area contributed by atoms with Gasteiger partial charge in [-0.1, -0.05) is 29.8 Å². The third kappa shape index (κ3) is 4.91. The number of aromatic nitrogens is 6. The molecule has 2 aromatic heterocycles. The highest BCUT2D eigenvalue weighted by Crippen LogP contribution is 2.33. The van der Waals surface area contributed by atoms with Crippen LogP contribution in [0.3, 0.4) is 0 Å². The molecule has 1 fully saturated rings. The molecule has 5 rings (SSSR count). The van der Waals surface area contributed by atoms with Gasteiger partial charge in [0.25, 0.3) is 5.91 Å². The fourth-order valence-electron chi connectivity index (χ4n) is 4.37. The Balaban J connectivity index is 1.41. The third-order valence-electron chi connectivity index (χ3n) is 5.94. The standard InChI is InChI=1S/C25H25ClN8O/c1-32(2)16-23-29-30-31-34(23)20-9-4-7-18(15-20)25(35)33-13-5-10-22(33)21-11-12-27-24(28-21)17-6-3-8-19(26)14-17/h3-4,6-9,11-12,14-15,22H,5,10,13,16H2,1-2H3. The summed E-state index contributed by atoms with van der Waals surface area (Å²) in [5.74, 6) is 1.26. The number of hydrogen-bond donors (Lipinski definition) is 0. The van der Waals surface area contributed by atoms with Gasteiger partial charge < -0.3 is 9.80 Å². The lowest BCUT2D eigenvalue weighted by Crippen LogP contribution is -2.31. The molecule has 4 aromatic rings. The van der Waals surface area contributed by atoms with Crippen molar-refractivity contribution < 1.29 is 4.79 Å². The summed E-state index contributed by atoms with van der Waals surface area (Å²) in [4.78, 5) is 26.7. The number of benzene rings is 2. The molecule has 0 saturated carbocycles. The van der Waals surface area contributed by atoms with E-state index in [1.165, 1.54) is 0 Å². The molecule has 178 valence electrons. The van der Waals surface area contributed by atoms with Gasteiger partial charge in [-0.05, 0) is 73.8 Å². The average Bonchev–Trinajstić information content (AvgIpc) is 3.53. The van der Waals surface area contributed by atoms with Gasteiger partial charge in [-0.25, -0.2) is 9.97 Å². The number of hydrogen-bond acceptors (Lipinski definition) is 7. The van der Waals surface area contributed by atoms with Crippen LogP contribution in [0.1, 0.15) is 40.8 Å². The van der Waals surface area contributed by atoms with E-state index in [4.69, 9.17) is 16.6 Å². The van der Waals surface area contributed by atoms with Crippen LogP contribution >= 0.6 is 11.6 Å². The molecule has 3 heterocycles. The molecule has 1 saturated heterocycles. The Bertz CT molecular complexity index is 1350. The Labute approximate surface area is 208 Å². The average molecular weight is 489 g/mol. The van der Waals surface area contributed by atoms with Crippen molar-refractivity contribution in [2.45, 2.75) is 25.4 Å². The van der Waals surface area contributed by atoms with Crippen LogP contribution in [-0.4, -0.2) is 66.5 Å². The second kappa shape index (κ2) is 9.89. The van der Waals surface area contributed by atoms with Gasteiger partial charge in [-0.15, -0.1) is 5.10 Å². The molecular weight excluding hydrogens is 464 g/mol. The van der Waals surface area contributed by atoms with Crippen molar-refractivity contribution in [2.24, 2.45) is 0 Å². The van der Waals surface area contributed by atoms with Gasteiger partial charge in [0, 0.05) is 28.9 Å². The van der Waals surface area contributed by atoms with Crippen molar-refractivity contribution in [3.63, 3.8) is 0 Å². The molecule has 0 N–H and O–H groups in total. The summed E-state index contributed by atoms with van der Waals surface area (Å²) in [7, 11) is 3.91. The molecule has 10 heteroatoms. The lowest BCUT2D eigenvalue weighted by molar-refractivity contribution is 0.0733. The van der Waals surface area contributed by atoms with Crippen molar-refractivity contribution in [3.8, 4) is 17.1 Å². The summed E-state index contributed by atoms with van der Waals surface area (Å²) >= 11 is 6.15. The number of carbonyl (C=O) groups excluding carboxylic acids is 1. The minimum atomic E-state index is -0.121. The lowest BCUT2D eigenvalue weighted by Gasteiger charge is -2.25. The molecule has 0 aliphatic carbocycles. The second-order valence-electron chi connectivity index (χ2n) is 8.77. The molecule has 1 amide bonds. The number of nitrogens with zero attached hydrogens (tertiary/aromatic N) is 8. The van der Waals surface area contributed by atoms with Crippen LogP contribution in [0.2, 0.25) is 5.02 Å². The largest absolute Gasteiger partial charge is 0.330 e. The predicted molar refractivity (Wildman–Crippen MR) is 132 cm³/mol. The normalized spacial score (nSPS) is 15.7. The summed E-state index contributed by atoms with van der Waals surface area (Å²) in [6, 6.07) is 16.6. The first-order valence-electron chi connectivity index (χ1n) is 11.4.